The second-order valence-electron chi connectivity index (χ2n) is 4.66. The van der Waals surface area contributed by atoms with Crippen molar-refractivity contribution < 1.29 is 10.0 Å². The largest absolute Gasteiger partial charge is 0.409 e. The zero-order valence-electron chi connectivity index (χ0n) is 10.8. The predicted octanol–water partition coefficient (Wildman–Crippen LogP) is 1.55. The van der Waals surface area contributed by atoms with Crippen LogP contribution in [0.15, 0.2) is 5.16 Å². The van der Waals surface area contributed by atoms with Gasteiger partial charge in [-0.2, -0.15) is 0 Å². The number of hydrogen-bond donors (Lipinski definition) is 2. The van der Waals surface area contributed by atoms with Crippen molar-refractivity contribution in [1.82, 2.24) is 4.90 Å². The molecular weight excluding hydrogens is 218 g/mol. The first kappa shape index (κ1) is 13.8. The van der Waals surface area contributed by atoms with Crippen molar-refractivity contribution in [3.05, 3.63) is 0 Å². The van der Waals surface area contributed by atoms with Gasteiger partial charge in [0, 0.05) is 13.1 Å². The molecule has 0 aromatic carbocycles. The van der Waals surface area contributed by atoms with E-state index < -0.39 is 5.41 Å². The fraction of sp³-hybridized carbons (Fsp3) is 0.833. The van der Waals surface area contributed by atoms with E-state index in [0.717, 1.165) is 25.8 Å². The van der Waals surface area contributed by atoms with Gasteiger partial charge in [0.25, 0.3) is 0 Å². The molecule has 0 spiro atoms. The average molecular weight is 241 g/mol. The van der Waals surface area contributed by atoms with Crippen LogP contribution in [0.5, 0.6) is 0 Å². The minimum Gasteiger partial charge on any atom is -0.409 e. The van der Waals surface area contributed by atoms with Crippen molar-refractivity contribution in [2.24, 2.45) is 16.3 Å². The van der Waals surface area contributed by atoms with Crippen LogP contribution in [0.1, 0.15) is 46.0 Å². The van der Waals surface area contributed by atoms with Crippen molar-refractivity contribution in [3.8, 4) is 0 Å². The lowest BCUT2D eigenvalue weighted by Crippen LogP contribution is -2.55. The summed E-state index contributed by atoms with van der Waals surface area (Å²) >= 11 is 0. The smallest absolute Gasteiger partial charge is 0.236 e. The van der Waals surface area contributed by atoms with E-state index in [1.165, 1.54) is 0 Å². The van der Waals surface area contributed by atoms with Crippen molar-refractivity contribution in [2.75, 3.05) is 13.1 Å². The molecule has 1 aliphatic carbocycles. The second-order valence-corrected chi connectivity index (χ2v) is 4.66. The molecule has 0 heterocycles. The topological polar surface area (TPSA) is 78.9 Å². The maximum atomic E-state index is 12.4. The molecule has 0 radical (unpaired) electrons. The summed E-state index contributed by atoms with van der Waals surface area (Å²) in [5.41, 5.74) is 4.96. The Labute approximate surface area is 103 Å². The highest BCUT2D eigenvalue weighted by Gasteiger charge is 2.49. The molecular formula is C12H23N3O2. The number of carbonyl (C=O) groups is 1. The van der Waals surface area contributed by atoms with Crippen molar-refractivity contribution in [3.63, 3.8) is 0 Å². The number of amides is 1. The van der Waals surface area contributed by atoms with E-state index in [0.29, 0.717) is 19.4 Å². The summed E-state index contributed by atoms with van der Waals surface area (Å²) < 4.78 is 0. The number of nitrogens with two attached hydrogens (primary N) is 1. The van der Waals surface area contributed by atoms with Crippen molar-refractivity contribution in [2.45, 2.75) is 46.0 Å². The fourth-order valence-electron chi connectivity index (χ4n) is 2.26. The Hall–Kier alpha value is -1.26. The Morgan fingerprint density at radius 3 is 2.47 bits per heavy atom. The molecule has 1 saturated carbocycles. The van der Waals surface area contributed by atoms with E-state index in [2.05, 4.69) is 12.1 Å². The van der Waals surface area contributed by atoms with Crippen LogP contribution < -0.4 is 5.73 Å². The van der Waals surface area contributed by atoms with Gasteiger partial charge in [0.05, 0.1) is 0 Å². The van der Waals surface area contributed by atoms with Gasteiger partial charge in [0.2, 0.25) is 5.91 Å². The van der Waals surface area contributed by atoms with Gasteiger partial charge < -0.3 is 15.8 Å². The van der Waals surface area contributed by atoms with E-state index in [1.54, 1.807) is 0 Å². The molecule has 1 aliphatic rings. The number of hydrogen-bond acceptors (Lipinski definition) is 3. The average Bonchev–Trinajstić information content (AvgIpc) is 2.28. The van der Waals surface area contributed by atoms with E-state index in [9.17, 15) is 4.79 Å². The van der Waals surface area contributed by atoms with Gasteiger partial charge >= 0.3 is 0 Å². The van der Waals surface area contributed by atoms with Gasteiger partial charge in [-0.15, -0.1) is 0 Å². The van der Waals surface area contributed by atoms with Gasteiger partial charge in [-0.25, -0.2) is 0 Å². The lowest BCUT2D eigenvalue weighted by atomic mass is 9.67. The van der Waals surface area contributed by atoms with E-state index >= 15 is 0 Å². The molecule has 17 heavy (non-hydrogen) atoms. The van der Waals surface area contributed by atoms with Crippen LogP contribution in [-0.4, -0.2) is 34.9 Å². The first-order chi connectivity index (χ1) is 8.12. The lowest BCUT2D eigenvalue weighted by molar-refractivity contribution is -0.142. The monoisotopic (exact) mass is 241 g/mol. The lowest BCUT2D eigenvalue weighted by Gasteiger charge is -2.42. The third-order valence-corrected chi connectivity index (χ3v) is 3.67. The highest BCUT2D eigenvalue weighted by Crippen LogP contribution is 2.42. The summed E-state index contributed by atoms with van der Waals surface area (Å²) in [5, 5.41) is 11.9. The van der Waals surface area contributed by atoms with Gasteiger partial charge in [-0.05, 0) is 26.2 Å². The van der Waals surface area contributed by atoms with E-state index in [4.69, 9.17) is 10.9 Å². The number of amidine groups is 1. The second kappa shape index (κ2) is 5.89. The minimum absolute atomic E-state index is 0.0231. The summed E-state index contributed by atoms with van der Waals surface area (Å²) in [7, 11) is 0. The molecule has 0 bridgehead atoms. The summed E-state index contributed by atoms with van der Waals surface area (Å²) in [6.45, 7) is 5.50. The Balaban J connectivity index is 2.77. The maximum Gasteiger partial charge on any atom is 0.236 e. The van der Waals surface area contributed by atoms with Gasteiger partial charge in [-0.1, -0.05) is 24.9 Å². The van der Waals surface area contributed by atoms with Crippen LogP contribution in [0.25, 0.3) is 0 Å². The van der Waals surface area contributed by atoms with Crippen molar-refractivity contribution in [1.29, 1.82) is 0 Å². The normalized spacial score (nSPS) is 18.6. The molecule has 0 aromatic heterocycles. The molecule has 3 N–H and O–H groups in total. The Morgan fingerprint density at radius 2 is 2.12 bits per heavy atom. The molecule has 0 aliphatic heterocycles. The first-order valence-corrected chi connectivity index (χ1v) is 6.39. The van der Waals surface area contributed by atoms with Crippen LogP contribution in [0.3, 0.4) is 0 Å². The zero-order valence-corrected chi connectivity index (χ0v) is 10.8. The quantitative estimate of drug-likeness (QED) is 0.320. The molecule has 0 unspecified atom stereocenters. The van der Waals surface area contributed by atoms with E-state index in [-0.39, 0.29) is 11.7 Å². The van der Waals surface area contributed by atoms with Crippen LogP contribution >= 0.6 is 0 Å². The summed E-state index contributed by atoms with van der Waals surface area (Å²) in [4.78, 5) is 14.3. The minimum atomic E-state index is -0.724. The molecule has 98 valence electrons. The maximum absolute atomic E-state index is 12.4. The predicted molar refractivity (Wildman–Crippen MR) is 66.9 cm³/mol. The standard InChI is InChI=1S/C12H23N3O2/c1-3-5-9-15(4-2)11(16)12(7-6-8-12)10(13)14-17/h17H,3-9H2,1-2H3,(H2,13,14). The third-order valence-electron chi connectivity index (χ3n) is 3.67. The van der Waals surface area contributed by atoms with Crippen LogP contribution in [-0.2, 0) is 4.79 Å². The Bertz CT molecular complexity index is 298. The number of rotatable bonds is 6. The highest BCUT2D eigenvalue weighted by atomic mass is 16.4. The number of nitrogens with zero attached hydrogens (tertiary/aromatic N) is 2. The molecule has 0 saturated heterocycles. The highest BCUT2D eigenvalue weighted by molar-refractivity contribution is 6.07. The molecule has 0 atom stereocenters. The van der Waals surface area contributed by atoms with Gasteiger partial charge in [0.15, 0.2) is 5.84 Å². The fourth-order valence-corrected chi connectivity index (χ4v) is 2.26. The molecule has 1 fully saturated rings. The summed E-state index contributed by atoms with van der Waals surface area (Å²) in [5.74, 6) is 0.0960. The molecule has 5 nitrogen and oxygen atoms in total. The van der Waals surface area contributed by atoms with Gasteiger partial charge in [-0.3, -0.25) is 4.79 Å². The molecule has 1 rings (SSSR count). The third kappa shape index (κ3) is 2.53. The zero-order chi connectivity index (χ0) is 12.9. The SMILES string of the molecule is CCCCN(CC)C(=O)C1(C(N)=NO)CCC1. The number of unbranched alkanes of at least 4 members (excludes halogenated alkanes) is 1. The van der Waals surface area contributed by atoms with Crippen LogP contribution in [0.2, 0.25) is 0 Å². The number of carbonyl (C=O) groups excluding carboxylic acids is 1. The molecule has 1 amide bonds. The van der Waals surface area contributed by atoms with E-state index in [1.807, 2.05) is 11.8 Å². The Kier molecular flexibility index (Phi) is 4.78. The molecule has 5 heteroatoms. The van der Waals surface area contributed by atoms with Crippen LogP contribution in [0, 0.1) is 5.41 Å². The van der Waals surface area contributed by atoms with Crippen molar-refractivity contribution >= 4 is 11.7 Å². The Morgan fingerprint density at radius 1 is 1.47 bits per heavy atom. The first-order valence-electron chi connectivity index (χ1n) is 6.39. The van der Waals surface area contributed by atoms with Crippen LogP contribution in [0.4, 0.5) is 0 Å². The summed E-state index contributed by atoms with van der Waals surface area (Å²) in [6.07, 6.45) is 4.41. The summed E-state index contributed by atoms with van der Waals surface area (Å²) in [6, 6.07) is 0. The molecule has 0 aromatic rings. The van der Waals surface area contributed by atoms with Gasteiger partial charge in [0.1, 0.15) is 5.41 Å². The number of oxime groups is 1.